The van der Waals surface area contributed by atoms with Gasteiger partial charge in [0.15, 0.2) is 0 Å². The lowest BCUT2D eigenvalue weighted by molar-refractivity contribution is -0.198. The van der Waals surface area contributed by atoms with Crippen LogP contribution in [0.15, 0.2) is 0 Å². The minimum absolute atomic E-state index is 0.419. The molecular weight excluding hydrogens is 332 g/mol. The van der Waals surface area contributed by atoms with Crippen LogP contribution in [0.25, 0.3) is 0 Å². The number of piperazine rings is 1. The number of carbonyl (C=O) groups is 2. The molecule has 0 N–H and O–H groups in total. The van der Waals surface area contributed by atoms with Crippen LogP contribution in [-0.2, 0) is 9.59 Å². The molecule has 4 nitrogen and oxygen atoms in total. The SMILES string of the molecule is O=C([C@@H](F)C(F)(F)F)N1CCN(C(=O)[C@@H](F)C(F)(F)F)CC1. The zero-order valence-electron chi connectivity index (χ0n) is 10.7. The summed E-state index contributed by atoms with van der Waals surface area (Å²) in [5, 5.41) is 0. The summed E-state index contributed by atoms with van der Waals surface area (Å²) in [5.74, 6) is -3.79. The first kappa shape index (κ1) is 18.4. The maximum Gasteiger partial charge on any atom is 0.428 e. The number of hydrogen-bond acceptors (Lipinski definition) is 2. The van der Waals surface area contributed by atoms with Crippen molar-refractivity contribution < 1.29 is 44.7 Å². The Hall–Kier alpha value is -1.62. The fourth-order valence-electron chi connectivity index (χ4n) is 1.75. The Morgan fingerprint density at radius 1 is 0.682 bits per heavy atom. The predicted octanol–water partition coefficient (Wildman–Crippen LogP) is 1.46. The van der Waals surface area contributed by atoms with Crippen LogP contribution in [0.1, 0.15) is 0 Å². The highest BCUT2D eigenvalue weighted by molar-refractivity contribution is 5.83. The molecule has 2 amide bonds. The van der Waals surface area contributed by atoms with Crippen molar-refractivity contribution in [1.82, 2.24) is 9.80 Å². The predicted molar refractivity (Wildman–Crippen MR) is 55.1 cm³/mol. The molecule has 1 saturated heterocycles. The summed E-state index contributed by atoms with van der Waals surface area (Å²) in [6, 6.07) is 0. The average molecular weight is 342 g/mol. The van der Waals surface area contributed by atoms with Gasteiger partial charge in [0.2, 0.25) is 0 Å². The van der Waals surface area contributed by atoms with Gasteiger partial charge in [0.05, 0.1) is 0 Å². The second kappa shape index (κ2) is 6.24. The van der Waals surface area contributed by atoms with E-state index in [-0.39, 0.29) is 0 Å². The number of nitrogens with zero attached hydrogens (tertiary/aromatic N) is 2. The molecule has 12 heteroatoms. The molecule has 1 aliphatic rings. The first-order valence-electron chi connectivity index (χ1n) is 5.85. The van der Waals surface area contributed by atoms with Crippen LogP contribution in [0.5, 0.6) is 0 Å². The monoisotopic (exact) mass is 342 g/mol. The van der Waals surface area contributed by atoms with E-state index in [1.807, 2.05) is 0 Å². The van der Waals surface area contributed by atoms with Gasteiger partial charge in [-0.2, -0.15) is 26.3 Å². The van der Waals surface area contributed by atoms with Crippen LogP contribution in [0.3, 0.4) is 0 Å². The van der Waals surface area contributed by atoms with Crippen LogP contribution in [-0.4, -0.2) is 72.5 Å². The van der Waals surface area contributed by atoms with Crippen LogP contribution >= 0.6 is 0 Å². The topological polar surface area (TPSA) is 40.6 Å². The van der Waals surface area contributed by atoms with E-state index >= 15 is 0 Å². The number of alkyl halides is 8. The molecule has 1 fully saturated rings. The summed E-state index contributed by atoms with van der Waals surface area (Å²) in [5.41, 5.74) is 0. The van der Waals surface area contributed by atoms with Gasteiger partial charge in [-0.05, 0) is 0 Å². The van der Waals surface area contributed by atoms with Crippen molar-refractivity contribution in [2.24, 2.45) is 0 Å². The van der Waals surface area contributed by atoms with E-state index in [1.165, 1.54) is 0 Å². The van der Waals surface area contributed by atoms with E-state index in [4.69, 9.17) is 0 Å². The van der Waals surface area contributed by atoms with E-state index in [0.717, 1.165) is 0 Å². The summed E-state index contributed by atoms with van der Waals surface area (Å²) in [6.07, 6.45) is -18.3. The van der Waals surface area contributed by atoms with Gasteiger partial charge in [-0.25, -0.2) is 8.78 Å². The Labute approximate surface area is 118 Å². The fourth-order valence-corrected chi connectivity index (χ4v) is 1.75. The molecule has 22 heavy (non-hydrogen) atoms. The third kappa shape index (κ3) is 4.19. The largest absolute Gasteiger partial charge is 0.428 e. The fraction of sp³-hybridized carbons (Fsp3) is 0.800. The second-order valence-electron chi connectivity index (χ2n) is 4.46. The summed E-state index contributed by atoms with van der Waals surface area (Å²) in [7, 11) is 0. The smallest absolute Gasteiger partial charge is 0.336 e. The minimum Gasteiger partial charge on any atom is -0.336 e. The summed E-state index contributed by atoms with van der Waals surface area (Å²) in [4.78, 5) is 23.2. The lowest BCUT2D eigenvalue weighted by Gasteiger charge is -2.36. The summed E-state index contributed by atoms with van der Waals surface area (Å²) >= 11 is 0. The van der Waals surface area contributed by atoms with Gasteiger partial charge in [0.25, 0.3) is 24.2 Å². The molecule has 128 valence electrons. The maximum atomic E-state index is 12.8. The molecular formula is C10H10F8N2O2. The average Bonchev–Trinajstić information content (AvgIpc) is 2.42. The zero-order valence-corrected chi connectivity index (χ0v) is 10.7. The molecule has 0 aliphatic carbocycles. The molecule has 0 radical (unpaired) electrons. The lowest BCUT2D eigenvalue weighted by Crippen LogP contribution is -2.56. The van der Waals surface area contributed by atoms with E-state index in [9.17, 15) is 44.7 Å². The van der Waals surface area contributed by atoms with Gasteiger partial charge in [-0.15, -0.1) is 0 Å². The van der Waals surface area contributed by atoms with Crippen molar-refractivity contribution in [2.45, 2.75) is 24.7 Å². The quantitative estimate of drug-likeness (QED) is 0.713. The summed E-state index contributed by atoms with van der Waals surface area (Å²) < 4.78 is 97.9. The van der Waals surface area contributed by atoms with Gasteiger partial charge in [0, 0.05) is 26.2 Å². The number of rotatable bonds is 2. The normalized spacial score (nSPS) is 19.8. The second-order valence-corrected chi connectivity index (χ2v) is 4.46. The standard InChI is InChI=1S/C10H10F8N2O2/c11-5(9(13,14)15)7(21)19-1-2-20(4-3-19)8(22)6(12)10(16,17)18/h5-6H,1-4H2/t5-,6-/m1/s1. The van der Waals surface area contributed by atoms with E-state index in [1.54, 1.807) is 0 Å². The molecule has 1 rings (SSSR count). The van der Waals surface area contributed by atoms with Crippen LogP contribution < -0.4 is 0 Å². The van der Waals surface area contributed by atoms with Gasteiger partial charge in [-0.1, -0.05) is 0 Å². The molecule has 0 aromatic heterocycles. The Balaban J connectivity index is 2.61. The van der Waals surface area contributed by atoms with Gasteiger partial charge < -0.3 is 9.80 Å². The first-order valence-corrected chi connectivity index (χ1v) is 5.85. The highest BCUT2D eigenvalue weighted by atomic mass is 19.4. The highest BCUT2D eigenvalue weighted by Gasteiger charge is 2.49. The molecule has 2 atom stereocenters. The number of amides is 2. The molecule has 1 aliphatic heterocycles. The van der Waals surface area contributed by atoms with Crippen LogP contribution in [0, 0.1) is 0 Å². The Morgan fingerprint density at radius 3 is 1.09 bits per heavy atom. The van der Waals surface area contributed by atoms with Crippen molar-refractivity contribution in [3.05, 3.63) is 0 Å². The van der Waals surface area contributed by atoms with E-state index < -0.39 is 62.7 Å². The number of carbonyl (C=O) groups excluding carboxylic acids is 2. The number of hydrogen-bond donors (Lipinski definition) is 0. The van der Waals surface area contributed by atoms with Gasteiger partial charge in [-0.3, -0.25) is 9.59 Å². The van der Waals surface area contributed by atoms with Crippen LogP contribution in [0.4, 0.5) is 35.1 Å². The molecule has 0 saturated carbocycles. The van der Waals surface area contributed by atoms with E-state index in [0.29, 0.717) is 9.80 Å². The lowest BCUT2D eigenvalue weighted by atomic mass is 10.2. The molecule has 1 heterocycles. The molecule has 0 aromatic carbocycles. The summed E-state index contributed by atoms with van der Waals surface area (Å²) in [6.45, 7) is -2.48. The van der Waals surface area contributed by atoms with Crippen molar-refractivity contribution in [1.29, 1.82) is 0 Å². The van der Waals surface area contributed by atoms with Crippen molar-refractivity contribution in [3.63, 3.8) is 0 Å². The third-order valence-electron chi connectivity index (χ3n) is 2.91. The zero-order chi connectivity index (χ0) is 17.3. The third-order valence-corrected chi connectivity index (χ3v) is 2.91. The Bertz CT molecular complexity index is 388. The van der Waals surface area contributed by atoms with Crippen molar-refractivity contribution in [3.8, 4) is 0 Å². The molecule has 0 bridgehead atoms. The minimum atomic E-state index is -5.40. The van der Waals surface area contributed by atoms with Gasteiger partial charge in [0.1, 0.15) is 0 Å². The number of halogens is 8. The molecule has 0 spiro atoms. The van der Waals surface area contributed by atoms with Crippen LogP contribution in [0.2, 0.25) is 0 Å². The van der Waals surface area contributed by atoms with E-state index in [2.05, 4.69) is 0 Å². The molecule has 0 unspecified atom stereocenters. The first-order chi connectivity index (χ1) is 9.85. The Kier molecular flexibility index (Phi) is 5.23. The maximum absolute atomic E-state index is 12.8. The van der Waals surface area contributed by atoms with Gasteiger partial charge >= 0.3 is 12.4 Å². The van der Waals surface area contributed by atoms with Crippen molar-refractivity contribution in [2.75, 3.05) is 26.2 Å². The van der Waals surface area contributed by atoms with Crippen molar-refractivity contribution >= 4 is 11.8 Å². The Morgan fingerprint density at radius 2 is 0.909 bits per heavy atom. The molecule has 0 aromatic rings. The highest BCUT2D eigenvalue weighted by Crippen LogP contribution is 2.26.